The van der Waals surface area contributed by atoms with Gasteiger partial charge in [-0.05, 0) is 47.1 Å². The standard InChI is InChI=1S/C12H13NO2.C8H13NO2.C3H7NO/c1-13-7-6-10-11(14)8-4-2-3-5-9(8)12(10)15;1-9-5-4-6-7(10)2-3-8(6)11;1-4-2-3-5/h2-5,10,13H,6-7H2,1H3;6,9H,2-5H2,1H3;3-4H,2H2,1H3. The van der Waals surface area contributed by atoms with Crippen molar-refractivity contribution < 1.29 is 24.0 Å². The highest BCUT2D eigenvalue weighted by Gasteiger charge is 2.37. The van der Waals surface area contributed by atoms with E-state index in [-0.39, 0.29) is 29.1 Å². The van der Waals surface area contributed by atoms with Crippen LogP contribution in [0.15, 0.2) is 24.3 Å². The lowest BCUT2D eigenvalue weighted by Gasteiger charge is -2.04. The molecule has 0 spiro atoms. The predicted octanol–water partition coefficient (Wildman–Crippen LogP) is 0.840. The minimum atomic E-state index is -0.463. The molecule has 3 N–H and O–H groups in total. The van der Waals surface area contributed by atoms with Crippen molar-refractivity contribution in [3.05, 3.63) is 35.4 Å². The molecule has 3 rings (SSSR count). The molecule has 8 nitrogen and oxygen atoms in total. The number of rotatable bonds is 8. The Morgan fingerprint density at radius 2 is 1.23 bits per heavy atom. The van der Waals surface area contributed by atoms with Crippen LogP contribution in [0.3, 0.4) is 0 Å². The Labute approximate surface area is 183 Å². The zero-order valence-corrected chi connectivity index (χ0v) is 18.5. The smallest absolute Gasteiger partial charge is 0.174 e. The molecule has 2 aliphatic rings. The topological polar surface area (TPSA) is 121 Å². The summed E-state index contributed by atoms with van der Waals surface area (Å²) >= 11 is 0. The van der Waals surface area contributed by atoms with Crippen LogP contribution >= 0.6 is 0 Å². The fourth-order valence-electron chi connectivity index (χ4n) is 3.43. The lowest BCUT2D eigenvalue weighted by molar-refractivity contribution is -0.127. The van der Waals surface area contributed by atoms with E-state index in [1.54, 1.807) is 31.3 Å². The Morgan fingerprint density at radius 3 is 1.58 bits per heavy atom. The van der Waals surface area contributed by atoms with E-state index < -0.39 is 5.92 Å². The molecule has 0 heterocycles. The minimum absolute atomic E-state index is 0.0224. The zero-order chi connectivity index (χ0) is 23.2. The fourth-order valence-corrected chi connectivity index (χ4v) is 3.43. The van der Waals surface area contributed by atoms with E-state index in [1.165, 1.54) is 0 Å². The fraction of sp³-hybridized carbons (Fsp3) is 0.522. The number of carbonyl (C=O) groups excluding carboxylic acids is 5. The molecule has 0 amide bonds. The summed E-state index contributed by atoms with van der Waals surface area (Å²) in [7, 11) is 5.37. The number of hydrogen-bond donors (Lipinski definition) is 3. The maximum atomic E-state index is 11.9. The molecule has 0 radical (unpaired) electrons. The third kappa shape index (κ3) is 7.90. The molecule has 0 unspecified atom stereocenters. The number of Topliss-reactive ketones (excluding diaryl/α,β-unsaturated/α-hetero) is 4. The van der Waals surface area contributed by atoms with Gasteiger partial charge in [0.15, 0.2) is 11.6 Å². The SMILES string of the molecule is CNCC=O.CNCCC1C(=O)CCC1=O.CNCCC1C(=O)c2ccccc2C1=O. The van der Waals surface area contributed by atoms with Gasteiger partial charge < -0.3 is 20.7 Å². The van der Waals surface area contributed by atoms with Crippen LogP contribution in [0.25, 0.3) is 0 Å². The lowest BCUT2D eigenvalue weighted by Crippen LogP contribution is -2.21. The highest BCUT2D eigenvalue weighted by Crippen LogP contribution is 2.28. The molecule has 0 atom stereocenters. The summed E-state index contributed by atoms with van der Waals surface area (Å²) in [5.74, 6) is -0.537. The van der Waals surface area contributed by atoms with Crippen molar-refractivity contribution >= 4 is 29.4 Å². The van der Waals surface area contributed by atoms with Crippen LogP contribution in [0.1, 0.15) is 46.4 Å². The van der Waals surface area contributed by atoms with E-state index in [0.717, 1.165) is 12.8 Å². The van der Waals surface area contributed by atoms with Crippen molar-refractivity contribution in [3.63, 3.8) is 0 Å². The number of fused-ring (bicyclic) bond motifs is 1. The summed E-state index contributed by atoms with van der Waals surface area (Å²) in [4.78, 5) is 55.2. The van der Waals surface area contributed by atoms with Crippen molar-refractivity contribution in [1.29, 1.82) is 0 Å². The van der Waals surface area contributed by atoms with Crippen molar-refractivity contribution in [3.8, 4) is 0 Å². The van der Waals surface area contributed by atoms with Crippen molar-refractivity contribution in [2.75, 3.05) is 40.8 Å². The summed E-state index contributed by atoms with van der Waals surface area (Å²) in [5.41, 5.74) is 1.17. The Balaban J connectivity index is 0.000000264. The van der Waals surface area contributed by atoms with Crippen LogP contribution in [0.2, 0.25) is 0 Å². The monoisotopic (exact) mass is 431 g/mol. The van der Waals surface area contributed by atoms with Gasteiger partial charge in [0.2, 0.25) is 0 Å². The van der Waals surface area contributed by atoms with Crippen LogP contribution in [0.4, 0.5) is 0 Å². The van der Waals surface area contributed by atoms with Gasteiger partial charge in [-0.2, -0.15) is 0 Å². The molecule has 31 heavy (non-hydrogen) atoms. The second-order valence-corrected chi connectivity index (χ2v) is 7.32. The quantitative estimate of drug-likeness (QED) is 0.409. The summed E-state index contributed by atoms with van der Waals surface area (Å²) in [6.07, 6.45) is 3.01. The zero-order valence-electron chi connectivity index (χ0n) is 18.5. The van der Waals surface area contributed by atoms with Crippen LogP contribution in [0.5, 0.6) is 0 Å². The number of carbonyl (C=O) groups is 5. The first-order chi connectivity index (χ1) is 14.9. The average molecular weight is 432 g/mol. The summed E-state index contributed by atoms with van der Waals surface area (Å²) < 4.78 is 0. The van der Waals surface area contributed by atoms with Crippen molar-refractivity contribution in [1.82, 2.24) is 16.0 Å². The molecule has 0 aliphatic heterocycles. The molecule has 8 heteroatoms. The largest absolute Gasteiger partial charge is 0.320 e. The van der Waals surface area contributed by atoms with Gasteiger partial charge >= 0.3 is 0 Å². The maximum Gasteiger partial charge on any atom is 0.174 e. The molecule has 1 aromatic carbocycles. The highest BCUT2D eigenvalue weighted by molar-refractivity contribution is 6.26. The van der Waals surface area contributed by atoms with E-state index in [1.807, 2.05) is 14.1 Å². The van der Waals surface area contributed by atoms with Crippen LogP contribution in [-0.4, -0.2) is 70.2 Å². The number of nitrogens with one attached hydrogen (secondary N) is 3. The Morgan fingerprint density at radius 1 is 0.774 bits per heavy atom. The second-order valence-electron chi connectivity index (χ2n) is 7.32. The van der Waals surface area contributed by atoms with Crippen LogP contribution in [0, 0.1) is 11.8 Å². The number of aldehydes is 1. The molecule has 1 fully saturated rings. The third-order valence-electron chi connectivity index (χ3n) is 5.14. The average Bonchev–Trinajstić information content (AvgIpc) is 3.22. The molecule has 1 aromatic rings. The number of ketones is 4. The van der Waals surface area contributed by atoms with Crippen molar-refractivity contribution in [2.45, 2.75) is 25.7 Å². The Kier molecular flexibility index (Phi) is 12.3. The first kappa shape index (κ1) is 26.5. The van der Waals surface area contributed by atoms with Crippen LogP contribution < -0.4 is 16.0 Å². The van der Waals surface area contributed by atoms with Gasteiger partial charge in [-0.15, -0.1) is 0 Å². The number of hydrogen-bond acceptors (Lipinski definition) is 8. The van der Waals surface area contributed by atoms with E-state index in [9.17, 15) is 24.0 Å². The van der Waals surface area contributed by atoms with Crippen LogP contribution in [-0.2, 0) is 14.4 Å². The molecule has 0 saturated heterocycles. The molecule has 170 valence electrons. The second kappa shape index (κ2) is 14.5. The van der Waals surface area contributed by atoms with Gasteiger partial charge in [-0.1, -0.05) is 24.3 Å². The van der Waals surface area contributed by atoms with E-state index in [2.05, 4.69) is 16.0 Å². The highest BCUT2D eigenvalue weighted by atomic mass is 16.2. The molecule has 0 bridgehead atoms. The first-order valence-corrected chi connectivity index (χ1v) is 10.5. The van der Waals surface area contributed by atoms with Gasteiger partial charge in [0.05, 0.1) is 18.4 Å². The van der Waals surface area contributed by atoms with Gasteiger partial charge in [-0.3, -0.25) is 19.2 Å². The van der Waals surface area contributed by atoms with E-state index in [0.29, 0.717) is 49.9 Å². The summed E-state index contributed by atoms with van der Waals surface area (Å²) in [6, 6.07) is 7.05. The van der Waals surface area contributed by atoms with Crippen molar-refractivity contribution in [2.24, 2.45) is 11.8 Å². The van der Waals surface area contributed by atoms with Gasteiger partial charge in [-0.25, -0.2) is 0 Å². The van der Waals surface area contributed by atoms with Gasteiger partial charge in [0.25, 0.3) is 0 Å². The molecular formula is C23H33N3O5. The molecule has 2 aliphatic carbocycles. The predicted molar refractivity (Wildman–Crippen MR) is 118 cm³/mol. The van der Waals surface area contributed by atoms with Gasteiger partial charge in [0, 0.05) is 24.0 Å². The molecule has 1 saturated carbocycles. The Hall–Kier alpha value is -2.55. The normalized spacial score (nSPS) is 15.8. The summed E-state index contributed by atoms with van der Waals surface area (Å²) in [6.45, 7) is 1.90. The van der Waals surface area contributed by atoms with E-state index >= 15 is 0 Å². The first-order valence-electron chi connectivity index (χ1n) is 10.5. The number of likely N-dealkylation sites (N-methyl/N-ethyl adjacent to an activating group) is 1. The summed E-state index contributed by atoms with van der Waals surface area (Å²) in [5, 5.41) is 8.54. The minimum Gasteiger partial charge on any atom is -0.320 e. The Bertz CT molecular complexity index is 727. The van der Waals surface area contributed by atoms with E-state index in [4.69, 9.17) is 0 Å². The maximum absolute atomic E-state index is 11.9. The molecule has 0 aromatic heterocycles. The third-order valence-corrected chi connectivity index (χ3v) is 5.14. The van der Waals surface area contributed by atoms with Gasteiger partial charge in [0.1, 0.15) is 17.9 Å². The lowest BCUT2D eigenvalue weighted by atomic mass is 10.00. The number of benzene rings is 1. The molecular weight excluding hydrogens is 398 g/mol.